The van der Waals surface area contributed by atoms with Gasteiger partial charge in [-0.3, -0.25) is 14.5 Å². The maximum Gasteiger partial charge on any atom is 0.247 e. The molecule has 0 aromatic rings. The molecule has 0 aromatic heterocycles. The maximum absolute atomic E-state index is 13.4. The molecule has 0 bridgehead atoms. The number of hydrogen-bond acceptors (Lipinski definition) is 3. The first kappa shape index (κ1) is 17.3. The molecule has 140 valence electrons. The van der Waals surface area contributed by atoms with Gasteiger partial charge in [-0.15, -0.1) is 0 Å². The average Bonchev–Trinajstić information content (AvgIpc) is 3.35. The largest absolute Gasteiger partial charge is 0.353 e. The summed E-state index contributed by atoms with van der Waals surface area (Å²) >= 11 is 0. The van der Waals surface area contributed by atoms with Gasteiger partial charge in [0.05, 0.1) is 6.61 Å². The van der Waals surface area contributed by atoms with E-state index in [4.69, 9.17) is 4.74 Å². The lowest BCUT2D eigenvalue weighted by Gasteiger charge is -2.44. The molecular formula is C20H32N2O3. The zero-order valence-corrected chi connectivity index (χ0v) is 15.5. The molecule has 0 unspecified atom stereocenters. The quantitative estimate of drug-likeness (QED) is 0.771. The molecule has 4 aliphatic rings. The van der Waals surface area contributed by atoms with Crippen LogP contribution in [0.25, 0.3) is 0 Å². The molecule has 1 spiro atoms. The fourth-order valence-corrected chi connectivity index (χ4v) is 5.54. The van der Waals surface area contributed by atoms with Crippen molar-refractivity contribution in [3.63, 3.8) is 0 Å². The first-order chi connectivity index (χ1) is 12.1. The van der Waals surface area contributed by atoms with Crippen LogP contribution < -0.4 is 0 Å². The summed E-state index contributed by atoms with van der Waals surface area (Å²) in [6.07, 6.45) is 10.4. The monoisotopic (exact) mass is 348 g/mol. The molecule has 2 amide bonds. The van der Waals surface area contributed by atoms with Crippen LogP contribution in [0.3, 0.4) is 0 Å². The number of carbonyl (C=O) groups is 2. The van der Waals surface area contributed by atoms with Crippen LogP contribution in [0, 0.1) is 11.8 Å². The Balaban J connectivity index is 1.61. The average molecular weight is 348 g/mol. The van der Waals surface area contributed by atoms with Crippen molar-refractivity contribution in [2.75, 3.05) is 19.7 Å². The molecule has 2 aliphatic heterocycles. The Kier molecular flexibility index (Phi) is 4.78. The van der Waals surface area contributed by atoms with Crippen molar-refractivity contribution < 1.29 is 14.3 Å². The van der Waals surface area contributed by atoms with Gasteiger partial charge in [0, 0.05) is 19.0 Å². The van der Waals surface area contributed by atoms with E-state index in [1.807, 2.05) is 9.80 Å². The Morgan fingerprint density at radius 2 is 1.68 bits per heavy atom. The van der Waals surface area contributed by atoms with Crippen LogP contribution in [0.15, 0.2) is 0 Å². The number of nitrogens with zero attached hydrogens (tertiary/aromatic N) is 2. The third kappa shape index (κ3) is 3.09. The van der Waals surface area contributed by atoms with Gasteiger partial charge in [-0.1, -0.05) is 26.2 Å². The molecule has 4 fully saturated rings. The van der Waals surface area contributed by atoms with Crippen LogP contribution in [0.4, 0.5) is 0 Å². The summed E-state index contributed by atoms with van der Waals surface area (Å²) in [6.45, 7) is 4.31. The highest BCUT2D eigenvalue weighted by molar-refractivity contribution is 5.90. The highest BCUT2D eigenvalue weighted by atomic mass is 16.5. The second kappa shape index (κ2) is 6.90. The standard InChI is InChI=1S/C20H32N2O3/c1-15-7-6-10-20(13-15)22(18(23)16-8-2-3-9-16)17(14-25-20)19(24)21-11-4-5-12-21/h15-17H,2-14H2,1H3/t15-,17+,20-/m1/s1. The summed E-state index contributed by atoms with van der Waals surface area (Å²) in [5, 5.41) is 0. The molecule has 5 heteroatoms. The summed E-state index contributed by atoms with van der Waals surface area (Å²) in [5.41, 5.74) is -0.516. The molecule has 0 N–H and O–H groups in total. The van der Waals surface area contributed by atoms with E-state index in [1.165, 1.54) is 6.42 Å². The number of ether oxygens (including phenoxy) is 1. The van der Waals surface area contributed by atoms with Gasteiger partial charge in [0.2, 0.25) is 11.8 Å². The second-order valence-electron chi connectivity index (χ2n) is 8.70. The maximum atomic E-state index is 13.4. The molecule has 3 atom stereocenters. The van der Waals surface area contributed by atoms with Crippen LogP contribution in [0.1, 0.15) is 71.1 Å². The van der Waals surface area contributed by atoms with Crippen LogP contribution in [0.2, 0.25) is 0 Å². The van der Waals surface area contributed by atoms with E-state index in [1.54, 1.807) is 0 Å². The van der Waals surface area contributed by atoms with Crippen molar-refractivity contribution in [2.24, 2.45) is 11.8 Å². The summed E-state index contributed by atoms with van der Waals surface area (Å²) in [5.74, 6) is 0.971. The van der Waals surface area contributed by atoms with Crippen LogP contribution in [-0.4, -0.2) is 53.1 Å². The number of hydrogen-bond donors (Lipinski definition) is 0. The summed E-state index contributed by atoms with van der Waals surface area (Å²) in [4.78, 5) is 30.5. The zero-order valence-electron chi connectivity index (χ0n) is 15.5. The molecule has 0 aromatic carbocycles. The third-order valence-corrected chi connectivity index (χ3v) is 6.84. The van der Waals surface area contributed by atoms with E-state index in [2.05, 4.69) is 6.92 Å². The molecule has 2 heterocycles. The van der Waals surface area contributed by atoms with Crippen molar-refractivity contribution in [2.45, 2.75) is 82.9 Å². The molecule has 5 nitrogen and oxygen atoms in total. The minimum atomic E-state index is -0.516. The van der Waals surface area contributed by atoms with Crippen LogP contribution in [0.5, 0.6) is 0 Å². The van der Waals surface area contributed by atoms with E-state index in [9.17, 15) is 9.59 Å². The highest BCUT2D eigenvalue weighted by Crippen LogP contribution is 2.45. The topological polar surface area (TPSA) is 49.9 Å². The summed E-state index contributed by atoms with van der Waals surface area (Å²) in [7, 11) is 0. The predicted molar refractivity (Wildman–Crippen MR) is 94.7 cm³/mol. The molecule has 2 saturated carbocycles. The Bertz CT molecular complexity index is 525. The summed E-state index contributed by atoms with van der Waals surface area (Å²) in [6, 6.07) is -0.392. The van der Waals surface area contributed by atoms with Crippen molar-refractivity contribution in [3.05, 3.63) is 0 Å². The predicted octanol–water partition coefficient (Wildman–Crippen LogP) is 2.93. The normalized spacial score (nSPS) is 36.5. The lowest BCUT2D eigenvalue weighted by molar-refractivity contribution is -0.167. The fourth-order valence-electron chi connectivity index (χ4n) is 5.54. The molecular weight excluding hydrogens is 316 g/mol. The van der Waals surface area contributed by atoms with Gasteiger partial charge in [-0.25, -0.2) is 0 Å². The van der Waals surface area contributed by atoms with Crippen molar-refractivity contribution in [1.29, 1.82) is 0 Å². The van der Waals surface area contributed by atoms with E-state index in [0.29, 0.717) is 12.5 Å². The van der Waals surface area contributed by atoms with Crippen molar-refractivity contribution in [1.82, 2.24) is 9.80 Å². The number of rotatable bonds is 2. The molecule has 25 heavy (non-hydrogen) atoms. The van der Waals surface area contributed by atoms with E-state index < -0.39 is 11.8 Å². The minimum absolute atomic E-state index is 0.102. The first-order valence-corrected chi connectivity index (χ1v) is 10.4. The van der Waals surface area contributed by atoms with E-state index >= 15 is 0 Å². The van der Waals surface area contributed by atoms with Gasteiger partial charge in [0.25, 0.3) is 0 Å². The number of amides is 2. The number of likely N-dealkylation sites (tertiary alicyclic amines) is 1. The smallest absolute Gasteiger partial charge is 0.247 e. The van der Waals surface area contributed by atoms with Gasteiger partial charge in [0.1, 0.15) is 11.8 Å². The fraction of sp³-hybridized carbons (Fsp3) is 0.900. The van der Waals surface area contributed by atoms with Crippen molar-refractivity contribution >= 4 is 11.8 Å². The lowest BCUT2D eigenvalue weighted by Crippen LogP contribution is -2.58. The molecule has 2 aliphatic carbocycles. The van der Waals surface area contributed by atoms with Crippen LogP contribution >= 0.6 is 0 Å². The molecule has 0 radical (unpaired) electrons. The SMILES string of the molecule is C[C@@H]1CCC[C@]2(C1)OC[C@@H](C(=O)N1CCCC1)N2C(=O)C1CCCC1. The van der Waals surface area contributed by atoms with Gasteiger partial charge < -0.3 is 9.64 Å². The van der Waals surface area contributed by atoms with E-state index in [0.717, 1.165) is 70.9 Å². The molecule has 2 saturated heterocycles. The third-order valence-electron chi connectivity index (χ3n) is 6.84. The first-order valence-electron chi connectivity index (χ1n) is 10.4. The van der Waals surface area contributed by atoms with Gasteiger partial charge in [-0.05, 0) is 50.9 Å². The summed E-state index contributed by atoms with van der Waals surface area (Å²) < 4.78 is 6.30. The van der Waals surface area contributed by atoms with Crippen molar-refractivity contribution in [3.8, 4) is 0 Å². The Labute approximate surface area is 151 Å². The van der Waals surface area contributed by atoms with E-state index in [-0.39, 0.29) is 17.7 Å². The Morgan fingerprint density at radius 1 is 0.960 bits per heavy atom. The van der Waals surface area contributed by atoms with Gasteiger partial charge >= 0.3 is 0 Å². The van der Waals surface area contributed by atoms with Crippen LogP contribution in [-0.2, 0) is 14.3 Å². The lowest BCUT2D eigenvalue weighted by atomic mass is 9.82. The Hall–Kier alpha value is -1.10. The molecule has 4 rings (SSSR count). The minimum Gasteiger partial charge on any atom is -0.353 e. The second-order valence-corrected chi connectivity index (χ2v) is 8.70. The van der Waals surface area contributed by atoms with Gasteiger partial charge in [0.15, 0.2) is 0 Å². The highest BCUT2D eigenvalue weighted by Gasteiger charge is 2.55. The zero-order chi connectivity index (χ0) is 17.4. The van der Waals surface area contributed by atoms with Gasteiger partial charge in [-0.2, -0.15) is 0 Å². The number of carbonyl (C=O) groups excluding carboxylic acids is 2. The Morgan fingerprint density at radius 3 is 2.36 bits per heavy atom.